The van der Waals surface area contributed by atoms with Gasteiger partial charge >= 0.3 is 0 Å². The van der Waals surface area contributed by atoms with Crippen molar-refractivity contribution >= 4 is 11.8 Å². The van der Waals surface area contributed by atoms with E-state index in [2.05, 4.69) is 24.5 Å². The summed E-state index contributed by atoms with van der Waals surface area (Å²) in [6.45, 7) is 13.7. The normalized spacial score (nSPS) is 16.0. The minimum absolute atomic E-state index is 0.0170. The molecule has 2 unspecified atom stereocenters. The van der Waals surface area contributed by atoms with Crippen LogP contribution in [0.5, 0.6) is 0 Å². The molecule has 0 aromatic rings. The van der Waals surface area contributed by atoms with E-state index >= 15 is 0 Å². The zero-order valence-electron chi connectivity index (χ0n) is 16.3. The topological polar surface area (TPSA) is 98.7 Å². The summed E-state index contributed by atoms with van der Waals surface area (Å²) >= 11 is 0. The van der Waals surface area contributed by atoms with Crippen LogP contribution in [0.1, 0.15) is 54.9 Å². The molecular formula is C18H36N2O4. The highest BCUT2D eigenvalue weighted by Crippen LogP contribution is 2.34. The van der Waals surface area contributed by atoms with Gasteiger partial charge < -0.3 is 20.8 Å². The molecule has 0 spiro atoms. The van der Waals surface area contributed by atoms with Crippen LogP contribution >= 0.6 is 0 Å². The average Bonchev–Trinajstić information content (AvgIpc) is 2.49. The smallest absolute Gasteiger partial charge is 0.249 e. The molecule has 6 nitrogen and oxygen atoms in total. The van der Waals surface area contributed by atoms with Crippen LogP contribution in [0.3, 0.4) is 0 Å². The third kappa shape index (κ3) is 6.40. The molecule has 142 valence electrons. The van der Waals surface area contributed by atoms with Crippen LogP contribution in [-0.4, -0.2) is 47.8 Å². The SMILES string of the molecule is CC(C)CC(C)(C(=O)NCCNC(=O)C(O)C(C)(C)CO)C(C)C. The molecule has 0 fully saturated rings. The number of aliphatic hydroxyl groups is 2. The molecule has 0 radical (unpaired) electrons. The van der Waals surface area contributed by atoms with Crippen molar-refractivity contribution in [3.8, 4) is 0 Å². The van der Waals surface area contributed by atoms with Gasteiger partial charge in [0.25, 0.3) is 0 Å². The van der Waals surface area contributed by atoms with Crippen molar-refractivity contribution in [1.29, 1.82) is 0 Å². The predicted octanol–water partition coefficient (Wildman–Crippen LogP) is 1.31. The second-order valence-electron chi connectivity index (χ2n) is 8.27. The van der Waals surface area contributed by atoms with Crippen LogP contribution in [-0.2, 0) is 9.59 Å². The molecule has 24 heavy (non-hydrogen) atoms. The Morgan fingerprint density at radius 2 is 1.50 bits per heavy atom. The number of nitrogens with one attached hydrogen (secondary N) is 2. The van der Waals surface area contributed by atoms with Gasteiger partial charge in [0.15, 0.2) is 0 Å². The van der Waals surface area contributed by atoms with Gasteiger partial charge in [0.1, 0.15) is 6.10 Å². The number of amides is 2. The monoisotopic (exact) mass is 344 g/mol. The predicted molar refractivity (Wildman–Crippen MR) is 95.3 cm³/mol. The van der Waals surface area contributed by atoms with Crippen molar-refractivity contribution in [3.63, 3.8) is 0 Å². The Hall–Kier alpha value is -1.14. The Labute approximate surface area is 146 Å². The number of hydrogen-bond acceptors (Lipinski definition) is 4. The van der Waals surface area contributed by atoms with Crippen LogP contribution in [0.15, 0.2) is 0 Å². The van der Waals surface area contributed by atoms with Gasteiger partial charge in [-0.3, -0.25) is 9.59 Å². The van der Waals surface area contributed by atoms with E-state index in [4.69, 9.17) is 0 Å². The lowest BCUT2D eigenvalue weighted by Gasteiger charge is -2.34. The summed E-state index contributed by atoms with van der Waals surface area (Å²) < 4.78 is 0. The molecule has 0 aliphatic heterocycles. The first-order valence-electron chi connectivity index (χ1n) is 8.73. The fourth-order valence-electron chi connectivity index (χ4n) is 2.54. The van der Waals surface area contributed by atoms with Crippen molar-refractivity contribution in [1.82, 2.24) is 10.6 Å². The Morgan fingerprint density at radius 1 is 1.00 bits per heavy atom. The zero-order chi connectivity index (χ0) is 19.1. The molecule has 0 aromatic heterocycles. The van der Waals surface area contributed by atoms with Crippen LogP contribution in [0, 0.1) is 22.7 Å². The second-order valence-corrected chi connectivity index (χ2v) is 8.27. The summed E-state index contributed by atoms with van der Waals surface area (Å²) in [6, 6.07) is 0. The standard InChI is InChI=1S/C18H36N2O4/c1-12(2)10-18(7,13(3)4)16(24)20-9-8-19-15(23)14(22)17(5,6)11-21/h12-14,21-22H,8-11H2,1-7H3,(H,19,23)(H,20,24). The fourth-order valence-corrected chi connectivity index (χ4v) is 2.54. The summed E-state index contributed by atoms with van der Waals surface area (Å²) in [5.74, 6) is 0.0640. The third-order valence-electron chi connectivity index (χ3n) is 4.73. The summed E-state index contributed by atoms with van der Waals surface area (Å²) in [4.78, 5) is 24.4. The van der Waals surface area contributed by atoms with Crippen molar-refractivity contribution in [2.24, 2.45) is 22.7 Å². The van der Waals surface area contributed by atoms with Gasteiger partial charge in [-0.05, 0) is 18.3 Å². The second kappa shape index (κ2) is 9.37. The van der Waals surface area contributed by atoms with Crippen LogP contribution < -0.4 is 10.6 Å². The van der Waals surface area contributed by atoms with Crippen LogP contribution in [0.4, 0.5) is 0 Å². The minimum Gasteiger partial charge on any atom is -0.396 e. The van der Waals surface area contributed by atoms with E-state index < -0.39 is 22.8 Å². The summed E-state index contributed by atoms with van der Waals surface area (Å²) in [5.41, 5.74) is -1.35. The van der Waals surface area contributed by atoms with Gasteiger partial charge in [-0.25, -0.2) is 0 Å². The van der Waals surface area contributed by atoms with E-state index in [0.717, 1.165) is 6.42 Å². The Morgan fingerprint density at radius 3 is 1.92 bits per heavy atom. The fraction of sp³-hybridized carbons (Fsp3) is 0.889. The largest absolute Gasteiger partial charge is 0.396 e. The average molecular weight is 344 g/mol. The summed E-state index contributed by atoms with van der Waals surface area (Å²) in [7, 11) is 0. The number of carbonyl (C=O) groups is 2. The van der Waals surface area contributed by atoms with Crippen LogP contribution in [0.2, 0.25) is 0 Å². The van der Waals surface area contributed by atoms with E-state index in [0.29, 0.717) is 12.5 Å². The highest BCUT2D eigenvalue weighted by molar-refractivity contribution is 5.83. The minimum atomic E-state index is -1.29. The third-order valence-corrected chi connectivity index (χ3v) is 4.73. The van der Waals surface area contributed by atoms with E-state index in [1.54, 1.807) is 13.8 Å². The van der Waals surface area contributed by atoms with E-state index in [-0.39, 0.29) is 25.0 Å². The zero-order valence-corrected chi connectivity index (χ0v) is 16.3. The number of carbonyl (C=O) groups excluding carboxylic acids is 2. The Balaban J connectivity index is 4.46. The maximum absolute atomic E-state index is 12.5. The molecule has 0 saturated carbocycles. The molecule has 4 N–H and O–H groups in total. The molecule has 2 amide bonds. The molecule has 6 heteroatoms. The summed E-state index contributed by atoms with van der Waals surface area (Å²) in [5, 5.41) is 24.5. The Kier molecular flexibility index (Phi) is 8.93. The first-order valence-corrected chi connectivity index (χ1v) is 8.73. The molecular weight excluding hydrogens is 308 g/mol. The molecule has 0 aromatic carbocycles. The van der Waals surface area contributed by atoms with Gasteiger partial charge in [-0.2, -0.15) is 0 Å². The highest BCUT2D eigenvalue weighted by atomic mass is 16.3. The quantitative estimate of drug-likeness (QED) is 0.449. The van der Waals surface area contributed by atoms with Crippen LogP contribution in [0.25, 0.3) is 0 Å². The van der Waals surface area contributed by atoms with E-state index in [9.17, 15) is 19.8 Å². The number of hydrogen-bond donors (Lipinski definition) is 4. The molecule has 0 rings (SSSR count). The lowest BCUT2D eigenvalue weighted by atomic mass is 9.72. The Bertz CT molecular complexity index is 421. The molecule has 0 aliphatic carbocycles. The number of rotatable bonds is 10. The summed E-state index contributed by atoms with van der Waals surface area (Å²) in [6.07, 6.45) is -0.494. The lowest BCUT2D eigenvalue weighted by molar-refractivity contribution is -0.137. The lowest BCUT2D eigenvalue weighted by Crippen LogP contribution is -2.49. The first-order chi connectivity index (χ1) is 10.9. The van der Waals surface area contributed by atoms with E-state index in [1.165, 1.54) is 0 Å². The molecule has 0 heterocycles. The number of aliphatic hydroxyl groups excluding tert-OH is 2. The molecule has 2 atom stereocenters. The molecule has 0 bridgehead atoms. The maximum atomic E-state index is 12.5. The first kappa shape index (κ1) is 22.9. The van der Waals surface area contributed by atoms with Gasteiger partial charge in [-0.15, -0.1) is 0 Å². The van der Waals surface area contributed by atoms with Gasteiger partial charge in [0.2, 0.25) is 11.8 Å². The van der Waals surface area contributed by atoms with Crippen molar-refractivity contribution in [3.05, 3.63) is 0 Å². The van der Waals surface area contributed by atoms with Gasteiger partial charge in [0.05, 0.1) is 6.61 Å². The van der Waals surface area contributed by atoms with E-state index in [1.807, 2.05) is 20.8 Å². The van der Waals surface area contributed by atoms with Crippen molar-refractivity contribution in [2.45, 2.75) is 61.0 Å². The van der Waals surface area contributed by atoms with Crippen molar-refractivity contribution in [2.75, 3.05) is 19.7 Å². The van der Waals surface area contributed by atoms with Gasteiger partial charge in [-0.1, -0.05) is 48.5 Å². The maximum Gasteiger partial charge on any atom is 0.249 e. The van der Waals surface area contributed by atoms with Crippen molar-refractivity contribution < 1.29 is 19.8 Å². The molecule has 0 aliphatic rings. The highest BCUT2D eigenvalue weighted by Gasteiger charge is 2.37. The van der Waals surface area contributed by atoms with Gasteiger partial charge in [0, 0.05) is 23.9 Å². The molecule has 0 saturated heterocycles.